The molecule has 1 aliphatic rings. The molecule has 1 saturated heterocycles. The number of methoxy groups -OCH3 is 1. The maximum atomic E-state index is 12.4. The Hall–Kier alpha value is -2.08. The predicted octanol–water partition coefficient (Wildman–Crippen LogP) is 1.47. The van der Waals surface area contributed by atoms with Gasteiger partial charge in [-0.25, -0.2) is 0 Å². The highest BCUT2D eigenvalue weighted by atomic mass is 16.5. The number of nitrogens with zero attached hydrogens (tertiary/aromatic N) is 1. The molecule has 0 radical (unpaired) electrons. The van der Waals surface area contributed by atoms with Gasteiger partial charge in [-0.15, -0.1) is 0 Å². The molecule has 1 fully saturated rings. The van der Waals surface area contributed by atoms with Gasteiger partial charge >= 0.3 is 0 Å². The highest BCUT2D eigenvalue weighted by molar-refractivity contribution is 6.01. The van der Waals surface area contributed by atoms with Gasteiger partial charge in [-0.2, -0.15) is 0 Å². The third-order valence-electron chi connectivity index (χ3n) is 4.26. The highest BCUT2D eigenvalue weighted by Crippen LogP contribution is 2.33. The molecule has 1 unspecified atom stereocenters. The Morgan fingerprint density at radius 2 is 2.21 bits per heavy atom. The quantitative estimate of drug-likeness (QED) is 0.793. The molecular weight excluding hydrogens is 306 g/mol. The average Bonchev–Trinajstić information content (AvgIpc) is 2.94. The van der Waals surface area contributed by atoms with Crippen LogP contribution in [0.3, 0.4) is 0 Å². The van der Waals surface area contributed by atoms with Crippen LogP contribution in [0.25, 0.3) is 0 Å². The van der Waals surface area contributed by atoms with Crippen molar-refractivity contribution in [1.82, 2.24) is 10.6 Å². The second kappa shape index (κ2) is 8.15. The Kier molecular flexibility index (Phi) is 6.20. The summed E-state index contributed by atoms with van der Waals surface area (Å²) >= 11 is 0. The van der Waals surface area contributed by atoms with E-state index >= 15 is 0 Å². The number of carbonyl (C=O) groups is 2. The van der Waals surface area contributed by atoms with Gasteiger partial charge < -0.3 is 20.3 Å². The zero-order valence-electron chi connectivity index (χ0n) is 14.9. The molecule has 1 heterocycles. The molecule has 0 aliphatic carbocycles. The van der Waals surface area contributed by atoms with E-state index in [9.17, 15) is 9.59 Å². The standard InChI is InChI=1S/C18H27N3O3/c1-5-19-13(3)10-20-18(23)14-9-17(22)21(11-14)15-8-12(2)6-7-16(15)24-4/h6-8,13-14,19H,5,9-11H2,1-4H3,(H,20,23)/t13-,14?/m1/s1. The number of rotatable bonds is 7. The molecule has 0 saturated carbocycles. The molecule has 6 nitrogen and oxygen atoms in total. The summed E-state index contributed by atoms with van der Waals surface area (Å²) < 4.78 is 5.36. The van der Waals surface area contributed by atoms with E-state index < -0.39 is 0 Å². The molecule has 0 spiro atoms. The van der Waals surface area contributed by atoms with E-state index in [1.807, 2.05) is 39.0 Å². The lowest BCUT2D eigenvalue weighted by Crippen LogP contribution is -2.41. The minimum atomic E-state index is -0.323. The Morgan fingerprint density at radius 3 is 2.88 bits per heavy atom. The van der Waals surface area contributed by atoms with Crippen LogP contribution in [0, 0.1) is 12.8 Å². The summed E-state index contributed by atoms with van der Waals surface area (Å²) in [6.07, 6.45) is 0.235. The zero-order valence-corrected chi connectivity index (χ0v) is 14.9. The van der Waals surface area contributed by atoms with Crippen LogP contribution in [0.2, 0.25) is 0 Å². The lowest BCUT2D eigenvalue weighted by atomic mass is 10.1. The van der Waals surface area contributed by atoms with Crippen molar-refractivity contribution in [1.29, 1.82) is 0 Å². The molecule has 1 aromatic rings. The number of anilines is 1. The smallest absolute Gasteiger partial charge is 0.227 e. The number of hydrogen-bond donors (Lipinski definition) is 2. The Morgan fingerprint density at radius 1 is 1.46 bits per heavy atom. The van der Waals surface area contributed by atoms with Crippen molar-refractivity contribution in [2.24, 2.45) is 5.92 Å². The van der Waals surface area contributed by atoms with Crippen molar-refractivity contribution < 1.29 is 14.3 Å². The van der Waals surface area contributed by atoms with Crippen molar-refractivity contribution in [3.05, 3.63) is 23.8 Å². The first-order valence-electron chi connectivity index (χ1n) is 8.42. The van der Waals surface area contributed by atoms with E-state index in [0.717, 1.165) is 17.8 Å². The van der Waals surface area contributed by atoms with Gasteiger partial charge in [0.2, 0.25) is 11.8 Å². The predicted molar refractivity (Wildman–Crippen MR) is 94.3 cm³/mol. The SMILES string of the molecule is CCN[C@H](C)CNC(=O)C1CC(=O)N(c2cc(C)ccc2OC)C1. The number of carbonyl (C=O) groups excluding carboxylic acids is 2. The number of ether oxygens (including phenoxy) is 1. The first kappa shape index (κ1) is 18.3. The number of aryl methyl sites for hydroxylation is 1. The van der Waals surface area contributed by atoms with Gasteiger partial charge in [0.1, 0.15) is 5.75 Å². The van der Waals surface area contributed by atoms with E-state index in [2.05, 4.69) is 10.6 Å². The molecular formula is C18H27N3O3. The molecule has 132 valence electrons. The molecule has 24 heavy (non-hydrogen) atoms. The van der Waals surface area contributed by atoms with Gasteiger partial charge in [-0.05, 0) is 38.1 Å². The normalized spacial score (nSPS) is 18.6. The molecule has 6 heteroatoms. The lowest BCUT2D eigenvalue weighted by molar-refractivity contribution is -0.126. The number of hydrogen-bond acceptors (Lipinski definition) is 4. The summed E-state index contributed by atoms with van der Waals surface area (Å²) in [7, 11) is 1.58. The number of nitrogens with one attached hydrogen (secondary N) is 2. The Bertz CT molecular complexity index is 603. The Balaban J connectivity index is 2.03. The van der Waals surface area contributed by atoms with Gasteiger partial charge in [-0.3, -0.25) is 9.59 Å². The third kappa shape index (κ3) is 4.26. The molecule has 2 rings (SSSR count). The fourth-order valence-corrected chi connectivity index (χ4v) is 2.95. The summed E-state index contributed by atoms with van der Waals surface area (Å²) in [4.78, 5) is 26.4. The molecule has 0 aromatic heterocycles. The minimum absolute atomic E-state index is 0.0428. The van der Waals surface area contributed by atoms with Crippen LogP contribution >= 0.6 is 0 Å². The van der Waals surface area contributed by atoms with Crippen molar-refractivity contribution in [2.75, 3.05) is 31.6 Å². The lowest BCUT2D eigenvalue weighted by Gasteiger charge is -2.20. The summed E-state index contributed by atoms with van der Waals surface area (Å²) in [5.74, 6) is 0.216. The highest BCUT2D eigenvalue weighted by Gasteiger charge is 2.36. The van der Waals surface area contributed by atoms with Crippen LogP contribution in [-0.2, 0) is 9.59 Å². The topological polar surface area (TPSA) is 70.7 Å². The van der Waals surface area contributed by atoms with Gasteiger partial charge in [0, 0.05) is 25.6 Å². The molecule has 1 aliphatic heterocycles. The fraction of sp³-hybridized carbons (Fsp3) is 0.556. The maximum absolute atomic E-state index is 12.4. The van der Waals surface area contributed by atoms with Crippen LogP contribution in [0.4, 0.5) is 5.69 Å². The number of likely N-dealkylation sites (N-methyl/N-ethyl adjacent to an activating group) is 1. The summed E-state index contributed by atoms with van der Waals surface area (Å²) in [6.45, 7) is 7.83. The van der Waals surface area contributed by atoms with E-state index in [-0.39, 0.29) is 30.2 Å². The van der Waals surface area contributed by atoms with Gasteiger partial charge in [0.15, 0.2) is 0 Å². The monoisotopic (exact) mass is 333 g/mol. The van der Waals surface area contributed by atoms with Crippen LogP contribution in [0.1, 0.15) is 25.8 Å². The van der Waals surface area contributed by atoms with Gasteiger partial charge in [-0.1, -0.05) is 13.0 Å². The van der Waals surface area contributed by atoms with Gasteiger partial charge in [0.05, 0.1) is 18.7 Å². The first-order chi connectivity index (χ1) is 11.5. The number of benzene rings is 1. The van der Waals surface area contributed by atoms with Crippen molar-refractivity contribution in [3.8, 4) is 5.75 Å². The van der Waals surface area contributed by atoms with E-state index in [4.69, 9.17) is 4.74 Å². The second-order valence-electron chi connectivity index (χ2n) is 6.28. The van der Waals surface area contributed by atoms with Crippen molar-refractivity contribution >= 4 is 17.5 Å². The van der Waals surface area contributed by atoms with Crippen LogP contribution in [-0.4, -0.2) is 44.6 Å². The molecule has 0 bridgehead atoms. The average molecular weight is 333 g/mol. The van der Waals surface area contributed by atoms with E-state index in [0.29, 0.717) is 18.8 Å². The minimum Gasteiger partial charge on any atom is -0.495 e. The first-order valence-corrected chi connectivity index (χ1v) is 8.42. The van der Waals surface area contributed by atoms with Gasteiger partial charge in [0.25, 0.3) is 0 Å². The summed E-state index contributed by atoms with van der Waals surface area (Å²) in [5.41, 5.74) is 1.78. The molecule has 2 amide bonds. The Labute approximate surface area is 143 Å². The molecule has 2 atom stereocenters. The van der Waals surface area contributed by atoms with E-state index in [1.54, 1.807) is 12.0 Å². The largest absolute Gasteiger partial charge is 0.495 e. The van der Waals surface area contributed by atoms with Crippen molar-refractivity contribution in [2.45, 2.75) is 33.2 Å². The van der Waals surface area contributed by atoms with Crippen LogP contribution in [0.5, 0.6) is 5.75 Å². The molecule has 2 N–H and O–H groups in total. The second-order valence-corrected chi connectivity index (χ2v) is 6.28. The third-order valence-corrected chi connectivity index (χ3v) is 4.26. The zero-order chi connectivity index (χ0) is 17.7. The summed E-state index contributed by atoms with van der Waals surface area (Å²) in [5, 5.41) is 6.18. The van der Waals surface area contributed by atoms with Crippen LogP contribution < -0.4 is 20.3 Å². The molecule has 1 aromatic carbocycles. The maximum Gasteiger partial charge on any atom is 0.227 e. The summed E-state index contributed by atoms with van der Waals surface area (Å²) in [6, 6.07) is 5.92. The fourth-order valence-electron chi connectivity index (χ4n) is 2.95. The number of amides is 2. The van der Waals surface area contributed by atoms with Crippen molar-refractivity contribution in [3.63, 3.8) is 0 Å². The van der Waals surface area contributed by atoms with Crippen LogP contribution in [0.15, 0.2) is 18.2 Å². The van der Waals surface area contributed by atoms with E-state index in [1.165, 1.54) is 0 Å².